The summed E-state index contributed by atoms with van der Waals surface area (Å²) in [7, 11) is -1.75. The second-order valence-corrected chi connectivity index (χ2v) is 2.28. The van der Waals surface area contributed by atoms with E-state index in [9.17, 15) is 8.63 Å². The van der Waals surface area contributed by atoms with Crippen molar-refractivity contribution < 1.29 is 13.4 Å². The first kappa shape index (κ1) is 10.5. The Hall–Kier alpha value is 0.482. The van der Waals surface area contributed by atoms with Gasteiger partial charge in [-0.2, -0.15) is 0 Å². The minimum absolute atomic E-state index is 0.536. The summed E-state index contributed by atoms with van der Waals surface area (Å²) in [6.07, 6.45) is 3.89. The molecule has 1 unspecified atom stereocenters. The Kier molecular flexibility index (Phi) is 7.95. The molecule has 0 aliphatic carbocycles. The Morgan fingerprint density at radius 3 is 2.20 bits per heavy atom. The zero-order chi connectivity index (χ0) is 7.82. The molecule has 0 spiro atoms. The standard InChI is InChI=1S/C5H9O.BF2H.Li/c1-2-4-6-5-3-1;2-1-3;/h4H,1-3,5H2;1H;. The van der Waals surface area contributed by atoms with E-state index in [-0.39, 0.29) is 0 Å². The van der Waals surface area contributed by atoms with E-state index in [1.807, 2.05) is 0 Å². The molecule has 54 valence electrons. The zero-order valence-corrected chi connectivity index (χ0v) is 6.28. The molecule has 1 aliphatic rings. The van der Waals surface area contributed by atoms with E-state index in [1.54, 1.807) is 0 Å². The van der Waals surface area contributed by atoms with Gasteiger partial charge in [-0.3, -0.25) is 8.63 Å². The maximum absolute atomic E-state index is 9.62. The van der Waals surface area contributed by atoms with Crippen LogP contribution >= 0.6 is 0 Å². The maximum atomic E-state index is 9.62. The summed E-state index contributed by atoms with van der Waals surface area (Å²) in [6, 6.07) is 0. The SMILES string of the molecule is FBF.[Li][CH]1CCCCO1. The van der Waals surface area contributed by atoms with E-state index in [4.69, 9.17) is 4.74 Å². The molecule has 1 heterocycles. The molecule has 0 aromatic carbocycles. The number of hydrogen-bond acceptors (Lipinski definition) is 1. The van der Waals surface area contributed by atoms with E-state index >= 15 is 0 Å². The van der Waals surface area contributed by atoms with Crippen LogP contribution in [0.4, 0.5) is 8.63 Å². The van der Waals surface area contributed by atoms with Gasteiger partial charge in [0.15, 0.2) is 0 Å². The number of halogens is 2. The van der Waals surface area contributed by atoms with Crippen LogP contribution in [0, 0.1) is 0 Å². The third-order valence-electron chi connectivity index (χ3n) is 1.41. The first-order chi connectivity index (χ1) is 4.81. The van der Waals surface area contributed by atoms with Crippen LogP contribution < -0.4 is 0 Å². The predicted octanol–water partition coefficient (Wildman–Crippen LogP) is 0.873. The Morgan fingerprint density at radius 2 is 2.00 bits per heavy atom. The van der Waals surface area contributed by atoms with Crippen LogP contribution in [0.3, 0.4) is 0 Å². The molecule has 1 saturated heterocycles. The molecule has 0 amide bonds. The van der Waals surface area contributed by atoms with E-state index in [1.165, 1.54) is 19.3 Å². The fourth-order valence-corrected chi connectivity index (χ4v) is 0.902. The third-order valence-corrected chi connectivity index (χ3v) is 1.41. The normalized spacial score (nSPS) is 24.6. The minimum atomic E-state index is -1.75. The number of hydrogen-bond donors (Lipinski definition) is 0. The average Bonchev–Trinajstić information content (AvgIpc) is 1.91. The second-order valence-electron chi connectivity index (χ2n) is 2.28. The number of ether oxygens (including phenoxy) is 1. The van der Waals surface area contributed by atoms with Crippen LogP contribution in [-0.2, 0) is 4.74 Å². The summed E-state index contributed by atoms with van der Waals surface area (Å²) in [5, 5.41) is 0. The van der Waals surface area contributed by atoms with Crippen LogP contribution in [-0.4, -0.2) is 36.9 Å². The fraction of sp³-hybridized carbons (Fsp3) is 1.00. The van der Waals surface area contributed by atoms with Crippen molar-refractivity contribution >= 4 is 25.5 Å². The monoisotopic (exact) mass is 142 g/mol. The van der Waals surface area contributed by atoms with Gasteiger partial charge in [0.25, 0.3) is 0 Å². The van der Waals surface area contributed by atoms with Crippen molar-refractivity contribution in [3.8, 4) is 0 Å². The molecule has 1 atom stereocenters. The predicted molar refractivity (Wildman–Crippen MR) is 38.7 cm³/mol. The quantitative estimate of drug-likeness (QED) is 0.456. The van der Waals surface area contributed by atoms with Gasteiger partial charge in [-0.25, -0.2) is 0 Å². The molecule has 0 N–H and O–H groups in total. The van der Waals surface area contributed by atoms with Crippen molar-refractivity contribution in [1.29, 1.82) is 0 Å². The summed E-state index contributed by atoms with van der Waals surface area (Å²) in [5.41, 5.74) is 0. The molecule has 0 saturated carbocycles. The summed E-state index contributed by atoms with van der Waals surface area (Å²) >= 11 is 2.14. The first-order valence-electron chi connectivity index (χ1n) is 3.54. The average molecular weight is 142 g/mol. The molecule has 5 heteroatoms. The van der Waals surface area contributed by atoms with Crippen LogP contribution in [0.15, 0.2) is 0 Å². The Balaban J connectivity index is 0.000000236. The van der Waals surface area contributed by atoms with E-state index in [0.717, 1.165) is 6.61 Å². The summed E-state index contributed by atoms with van der Waals surface area (Å²) in [6.45, 7) is 0.987. The van der Waals surface area contributed by atoms with Gasteiger partial charge in [0.2, 0.25) is 0 Å². The van der Waals surface area contributed by atoms with E-state index in [2.05, 4.69) is 17.7 Å². The molecular weight excluding hydrogens is 132 g/mol. The van der Waals surface area contributed by atoms with Crippen molar-refractivity contribution in [3.63, 3.8) is 0 Å². The molecule has 0 aromatic heterocycles. The molecule has 0 radical (unpaired) electrons. The van der Waals surface area contributed by atoms with Gasteiger partial charge < -0.3 is 0 Å². The van der Waals surface area contributed by atoms with E-state index in [0.29, 0.717) is 4.78 Å². The second kappa shape index (κ2) is 7.59. The topological polar surface area (TPSA) is 9.23 Å². The van der Waals surface area contributed by atoms with Crippen LogP contribution in [0.2, 0.25) is 0 Å². The molecule has 0 bridgehead atoms. The molecule has 1 nitrogen and oxygen atoms in total. The molecule has 1 rings (SSSR count). The molecular formula is C5H10BF2LiO. The van der Waals surface area contributed by atoms with Gasteiger partial charge in [0.1, 0.15) is 0 Å². The number of rotatable bonds is 0. The van der Waals surface area contributed by atoms with Crippen LogP contribution in [0.5, 0.6) is 0 Å². The fourth-order valence-electron chi connectivity index (χ4n) is 0.902. The summed E-state index contributed by atoms with van der Waals surface area (Å²) in [5.74, 6) is 0. The Morgan fingerprint density at radius 1 is 1.40 bits per heavy atom. The van der Waals surface area contributed by atoms with E-state index < -0.39 is 7.83 Å². The van der Waals surface area contributed by atoms with Gasteiger partial charge in [-0.15, -0.1) is 0 Å². The first-order valence-corrected chi connectivity index (χ1v) is 3.54. The molecule has 1 aliphatic heterocycles. The molecule has 1 fully saturated rings. The van der Waals surface area contributed by atoms with Crippen molar-refractivity contribution in [1.82, 2.24) is 0 Å². The van der Waals surface area contributed by atoms with Crippen LogP contribution in [0.1, 0.15) is 19.3 Å². The van der Waals surface area contributed by atoms with Crippen LogP contribution in [0.25, 0.3) is 0 Å². The summed E-state index contributed by atoms with van der Waals surface area (Å²) in [4.78, 5) is 0. The van der Waals surface area contributed by atoms with Crippen molar-refractivity contribution in [2.45, 2.75) is 24.0 Å². The van der Waals surface area contributed by atoms with Crippen molar-refractivity contribution in [2.75, 3.05) is 6.61 Å². The third kappa shape index (κ3) is 6.60. The Labute approximate surface area is 70.1 Å². The van der Waals surface area contributed by atoms with Gasteiger partial charge in [0.05, 0.1) is 0 Å². The van der Waals surface area contributed by atoms with Gasteiger partial charge in [0, 0.05) is 0 Å². The summed E-state index contributed by atoms with van der Waals surface area (Å²) < 4.78 is 25.1. The Bertz CT molecular complexity index is 70.7. The van der Waals surface area contributed by atoms with Gasteiger partial charge >= 0.3 is 60.9 Å². The van der Waals surface area contributed by atoms with Gasteiger partial charge in [-0.1, -0.05) is 0 Å². The molecule has 0 aromatic rings. The zero-order valence-electron chi connectivity index (χ0n) is 6.28. The van der Waals surface area contributed by atoms with Gasteiger partial charge in [-0.05, 0) is 0 Å². The van der Waals surface area contributed by atoms with Crippen molar-refractivity contribution in [2.24, 2.45) is 0 Å². The van der Waals surface area contributed by atoms with Crippen molar-refractivity contribution in [3.05, 3.63) is 0 Å². The molecule has 10 heavy (non-hydrogen) atoms.